The van der Waals surface area contributed by atoms with Crippen molar-refractivity contribution in [1.82, 2.24) is 9.88 Å². The van der Waals surface area contributed by atoms with Crippen molar-refractivity contribution in [2.45, 2.75) is 13.3 Å². The van der Waals surface area contributed by atoms with Gasteiger partial charge in [-0.2, -0.15) is 0 Å². The summed E-state index contributed by atoms with van der Waals surface area (Å²) in [4.78, 5) is 32.8. The maximum atomic E-state index is 13.8. The molecule has 31 heavy (non-hydrogen) atoms. The van der Waals surface area contributed by atoms with Crippen LogP contribution in [-0.4, -0.2) is 61.1 Å². The van der Waals surface area contributed by atoms with Crippen LogP contribution in [0, 0.1) is 17.5 Å². The van der Waals surface area contributed by atoms with Crippen molar-refractivity contribution >= 4 is 23.2 Å². The second-order valence-corrected chi connectivity index (χ2v) is 7.00. The zero-order valence-corrected chi connectivity index (χ0v) is 17.0. The number of benzene rings is 1. The Balaban J connectivity index is 1.72. The molecule has 1 N–H and O–H groups in total. The van der Waals surface area contributed by atoms with Crippen LogP contribution in [0.1, 0.15) is 23.8 Å². The topological polar surface area (TPSA) is 74.8 Å². The summed E-state index contributed by atoms with van der Waals surface area (Å²) >= 11 is 0. The van der Waals surface area contributed by atoms with Crippen molar-refractivity contribution in [3.63, 3.8) is 0 Å². The Morgan fingerprint density at radius 1 is 1.16 bits per heavy atom. The molecule has 2 aromatic rings. The first-order valence-corrected chi connectivity index (χ1v) is 9.92. The summed E-state index contributed by atoms with van der Waals surface area (Å²) in [6.45, 7) is 4.27. The van der Waals surface area contributed by atoms with Gasteiger partial charge in [-0.1, -0.05) is 6.92 Å². The number of rotatable bonds is 7. The van der Waals surface area contributed by atoms with Gasteiger partial charge in [0.15, 0.2) is 17.5 Å². The smallest absolute Gasteiger partial charge is 0.272 e. The van der Waals surface area contributed by atoms with E-state index in [0.717, 1.165) is 11.8 Å². The third-order valence-corrected chi connectivity index (χ3v) is 4.76. The summed E-state index contributed by atoms with van der Waals surface area (Å²) in [6, 6.07) is 5.09. The Hall–Kier alpha value is -3.14. The maximum absolute atomic E-state index is 13.8. The first-order chi connectivity index (χ1) is 14.9. The van der Waals surface area contributed by atoms with Crippen LogP contribution in [0.15, 0.2) is 30.5 Å². The van der Waals surface area contributed by atoms with Gasteiger partial charge in [0.2, 0.25) is 5.91 Å². The molecular formula is C21H23F3N4O3. The number of hydrogen-bond acceptors (Lipinski definition) is 5. The Morgan fingerprint density at radius 2 is 1.90 bits per heavy atom. The second-order valence-electron chi connectivity index (χ2n) is 7.00. The Labute approximate surface area is 177 Å². The monoisotopic (exact) mass is 436 g/mol. The highest BCUT2D eigenvalue weighted by Crippen LogP contribution is 2.20. The van der Waals surface area contributed by atoms with Crippen LogP contribution in [0.5, 0.6) is 0 Å². The highest BCUT2D eigenvalue weighted by atomic mass is 19.2. The van der Waals surface area contributed by atoms with Gasteiger partial charge >= 0.3 is 0 Å². The summed E-state index contributed by atoms with van der Waals surface area (Å²) in [6.07, 6.45) is 2.10. The molecule has 166 valence electrons. The number of hydrogen-bond donors (Lipinski definition) is 1. The number of amides is 2. The SMILES string of the molecule is CCCN(CC(=O)Nc1ccc(F)c(F)c1F)C(=O)c1cc(N2CCOCC2)ccn1. The minimum Gasteiger partial charge on any atom is -0.378 e. The predicted molar refractivity (Wildman–Crippen MR) is 108 cm³/mol. The van der Waals surface area contributed by atoms with Crippen LogP contribution in [0.2, 0.25) is 0 Å². The van der Waals surface area contributed by atoms with Gasteiger partial charge in [0.05, 0.1) is 18.9 Å². The van der Waals surface area contributed by atoms with Crippen molar-refractivity contribution < 1.29 is 27.5 Å². The van der Waals surface area contributed by atoms with Gasteiger partial charge in [0, 0.05) is 31.5 Å². The fraction of sp³-hybridized carbons (Fsp3) is 0.381. The van der Waals surface area contributed by atoms with E-state index in [1.54, 1.807) is 12.1 Å². The van der Waals surface area contributed by atoms with Gasteiger partial charge in [-0.25, -0.2) is 13.2 Å². The fourth-order valence-electron chi connectivity index (χ4n) is 3.22. The predicted octanol–water partition coefficient (Wildman–Crippen LogP) is 2.83. The average Bonchev–Trinajstić information content (AvgIpc) is 2.79. The normalized spacial score (nSPS) is 13.7. The highest BCUT2D eigenvalue weighted by molar-refractivity contribution is 5.98. The third-order valence-electron chi connectivity index (χ3n) is 4.76. The molecule has 0 atom stereocenters. The molecule has 0 bridgehead atoms. The van der Waals surface area contributed by atoms with Crippen LogP contribution < -0.4 is 10.2 Å². The molecule has 0 aliphatic carbocycles. The number of carbonyl (C=O) groups excluding carboxylic acids is 2. The van der Waals surface area contributed by atoms with Gasteiger partial charge in [-0.05, 0) is 30.7 Å². The molecule has 1 fully saturated rings. The molecule has 7 nitrogen and oxygen atoms in total. The minimum absolute atomic E-state index is 0.171. The standard InChI is InChI=1S/C21H23F3N4O3/c1-2-7-28(13-18(29)26-16-4-3-15(22)19(23)20(16)24)21(30)17-12-14(5-6-25-17)27-8-10-31-11-9-27/h3-6,12H,2,7-11,13H2,1H3,(H,26,29). The lowest BCUT2D eigenvalue weighted by Gasteiger charge is -2.29. The summed E-state index contributed by atoms with van der Waals surface area (Å²) < 4.78 is 45.6. The quantitative estimate of drug-likeness (QED) is 0.676. The summed E-state index contributed by atoms with van der Waals surface area (Å²) in [5.74, 6) is -5.73. The van der Waals surface area contributed by atoms with Gasteiger partial charge < -0.3 is 19.9 Å². The van der Waals surface area contributed by atoms with Gasteiger partial charge in [0.1, 0.15) is 12.2 Å². The number of pyridine rings is 1. The van der Waals surface area contributed by atoms with E-state index in [9.17, 15) is 22.8 Å². The van der Waals surface area contributed by atoms with E-state index in [1.807, 2.05) is 6.92 Å². The molecule has 1 aromatic carbocycles. The second kappa shape index (κ2) is 10.3. The molecule has 1 aromatic heterocycles. The largest absolute Gasteiger partial charge is 0.378 e. The Morgan fingerprint density at radius 3 is 2.61 bits per heavy atom. The zero-order chi connectivity index (χ0) is 22.4. The lowest BCUT2D eigenvalue weighted by Crippen LogP contribution is -2.39. The number of anilines is 2. The third kappa shape index (κ3) is 5.52. The average molecular weight is 436 g/mol. The van der Waals surface area contributed by atoms with Crippen molar-refractivity contribution in [2.24, 2.45) is 0 Å². The molecule has 0 spiro atoms. The molecule has 3 rings (SSSR count). The van der Waals surface area contributed by atoms with Crippen molar-refractivity contribution in [1.29, 1.82) is 0 Å². The number of morpholine rings is 1. The molecule has 1 aliphatic rings. The van der Waals surface area contributed by atoms with E-state index in [1.165, 1.54) is 11.1 Å². The zero-order valence-electron chi connectivity index (χ0n) is 17.0. The minimum atomic E-state index is -1.68. The van der Waals surface area contributed by atoms with E-state index in [-0.39, 0.29) is 12.2 Å². The molecule has 1 aliphatic heterocycles. The van der Waals surface area contributed by atoms with E-state index < -0.39 is 41.5 Å². The van der Waals surface area contributed by atoms with Crippen LogP contribution in [0.4, 0.5) is 24.5 Å². The Bertz CT molecular complexity index is 951. The number of nitrogens with one attached hydrogen (secondary N) is 1. The van der Waals surface area contributed by atoms with Crippen LogP contribution >= 0.6 is 0 Å². The molecule has 0 unspecified atom stereocenters. The number of halogens is 3. The van der Waals surface area contributed by atoms with E-state index >= 15 is 0 Å². The van der Waals surface area contributed by atoms with Crippen molar-refractivity contribution in [3.05, 3.63) is 53.6 Å². The molecule has 10 heteroatoms. The van der Waals surface area contributed by atoms with E-state index in [0.29, 0.717) is 38.8 Å². The number of nitrogens with zero attached hydrogens (tertiary/aromatic N) is 3. The molecule has 2 heterocycles. The maximum Gasteiger partial charge on any atom is 0.272 e. The number of ether oxygens (including phenoxy) is 1. The lowest BCUT2D eigenvalue weighted by molar-refractivity contribution is -0.116. The Kier molecular flexibility index (Phi) is 7.45. The molecule has 0 radical (unpaired) electrons. The van der Waals surface area contributed by atoms with E-state index in [4.69, 9.17) is 4.74 Å². The van der Waals surface area contributed by atoms with Crippen LogP contribution in [0.3, 0.4) is 0 Å². The molecule has 0 saturated carbocycles. The first kappa shape index (κ1) is 22.5. The van der Waals surface area contributed by atoms with E-state index in [2.05, 4.69) is 15.2 Å². The van der Waals surface area contributed by atoms with Crippen molar-refractivity contribution in [3.8, 4) is 0 Å². The van der Waals surface area contributed by atoms with Gasteiger partial charge in [-0.15, -0.1) is 0 Å². The number of aromatic nitrogens is 1. The lowest BCUT2D eigenvalue weighted by atomic mass is 10.2. The highest BCUT2D eigenvalue weighted by Gasteiger charge is 2.22. The van der Waals surface area contributed by atoms with Crippen molar-refractivity contribution in [2.75, 3.05) is 49.6 Å². The summed E-state index contributed by atoms with van der Waals surface area (Å²) in [5.41, 5.74) is 0.496. The van der Waals surface area contributed by atoms with Gasteiger partial charge in [0.25, 0.3) is 5.91 Å². The van der Waals surface area contributed by atoms with Crippen LogP contribution in [-0.2, 0) is 9.53 Å². The summed E-state index contributed by atoms with van der Waals surface area (Å²) in [7, 11) is 0. The number of carbonyl (C=O) groups is 2. The van der Waals surface area contributed by atoms with Crippen LogP contribution in [0.25, 0.3) is 0 Å². The molecule has 2 amide bonds. The molecular weight excluding hydrogens is 413 g/mol. The van der Waals surface area contributed by atoms with Gasteiger partial charge in [-0.3, -0.25) is 14.6 Å². The fourth-order valence-corrected chi connectivity index (χ4v) is 3.22. The first-order valence-electron chi connectivity index (χ1n) is 9.92. The molecule has 1 saturated heterocycles. The summed E-state index contributed by atoms with van der Waals surface area (Å²) in [5, 5.41) is 2.18.